The molecule has 0 aliphatic carbocycles. The second-order valence-corrected chi connectivity index (χ2v) is 6.82. The Labute approximate surface area is 168 Å². The Balaban J connectivity index is 2.07. The van der Waals surface area contributed by atoms with E-state index in [2.05, 4.69) is 31.2 Å². The molecule has 0 spiro atoms. The second kappa shape index (κ2) is 9.83. The van der Waals surface area contributed by atoms with Gasteiger partial charge in [-0.25, -0.2) is 9.97 Å². The normalized spacial score (nSPS) is 12.4. The lowest BCUT2D eigenvalue weighted by atomic mass is 10.1. The van der Waals surface area contributed by atoms with Crippen LogP contribution in [0.2, 0.25) is 0 Å². The summed E-state index contributed by atoms with van der Waals surface area (Å²) in [5.41, 5.74) is 9.64. The highest BCUT2D eigenvalue weighted by Gasteiger charge is 2.10. The largest absolute Gasteiger partial charge is 0.399 e. The highest BCUT2D eigenvalue weighted by molar-refractivity contribution is 9.11. The summed E-state index contributed by atoms with van der Waals surface area (Å²) in [5, 5.41) is 2.83. The van der Waals surface area contributed by atoms with Crippen molar-refractivity contribution in [1.29, 1.82) is 0 Å². The number of anilines is 2. The van der Waals surface area contributed by atoms with Crippen LogP contribution in [-0.2, 0) is 4.79 Å². The average molecular weight is 427 g/mol. The Bertz CT molecular complexity index is 899. The molecule has 3 N–H and O–H groups in total. The van der Waals surface area contributed by atoms with Gasteiger partial charge < -0.3 is 11.1 Å². The quantitative estimate of drug-likeness (QED) is 0.493. The van der Waals surface area contributed by atoms with Gasteiger partial charge >= 0.3 is 0 Å². The Hall–Kier alpha value is -2.73. The minimum absolute atomic E-state index is 0.137. The molecule has 0 radical (unpaired) electrons. The molecule has 0 bridgehead atoms. The van der Waals surface area contributed by atoms with Crippen LogP contribution < -0.4 is 11.1 Å². The summed E-state index contributed by atoms with van der Waals surface area (Å²) >= 11 is 3.42. The first-order chi connectivity index (χ1) is 12.9. The van der Waals surface area contributed by atoms with Crippen LogP contribution in [-0.4, -0.2) is 15.9 Å². The van der Waals surface area contributed by atoms with E-state index in [1.54, 1.807) is 6.20 Å². The monoisotopic (exact) mass is 426 g/mol. The van der Waals surface area contributed by atoms with Gasteiger partial charge in [0.25, 0.3) is 0 Å². The number of amides is 1. The van der Waals surface area contributed by atoms with Gasteiger partial charge in [-0.1, -0.05) is 46.3 Å². The van der Waals surface area contributed by atoms with Crippen LogP contribution in [0.15, 0.2) is 64.8 Å². The first-order valence-electron chi connectivity index (χ1n) is 8.57. The summed E-state index contributed by atoms with van der Waals surface area (Å²) < 4.78 is 0.960. The summed E-state index contributed by atoms with van der Waals surface area (Å²) in [7, 11) is 0. The number of halogens is 1. The Kier molecular flexibility index (Phi) is 7.49. The number of nitrogens with one attached hydrogen (secondary N) is 1. The lowest BCUT2D eigenvalue weighted by Gasteiger charge is -2.09. The van der Waals surface area contributed by atoms with Gasteiger partial charge in [-0.15, -0.1) is 0 Å². The first kappa shape index (κ1) is 20.6. The van der Waals surface area contributed by atoms with Crippen LogP contribution in [0.3, 0.4) is 0 Å². The molecule has 0 atom stereocenters. The van der Waals surface area contributed by atoms with Crippen molar-refractivity contribution >= 4 is 33.3 Å². The van der Waals surface area contributed by atoms with E-state index in [-0.39, 0.29) is 12.3 Å². The number of carbonyl (C=O) groups is 1. The van der Waals surface area contributed by atoms with Crippen molar-refractivity contribution in [3.8, 4) is 11.3 Å². The molecule has 1 aromatic carbocycles. The number of rotatable bonds is 6. The van der Waals surface area contributed by atoms with Crippen molar-refractivity contribution in [3.05, 3.63) is 70.5 Å². The van der Waals surface area contributed by atoms with E-state index in [4.69, 9.17) is 5.73 Å². The minimum atomic E-state index is -0.137. The van der Waals surface area contributed by atoms with Gasteiger partial charge in [-0.05, 0) is 44.6 Å². The van der Waals surface area contributed by atoms with Crippen molar-refractivity contribution in [1.82, 2.24) is 9.97 Å². The van der Waals surface area contributed by atoms with Crippen LogP contribution in [0.25, 0.3) is 11.3 Å². The number of allylic oxidation sites excluding steroid dienone is 5. The Morgan fingerprint density at radius 2 is 1.89 bits per heavy atom. The van der Waals surface area contributed by atoms with E-state index in [0.717, 1.165) is 21.3 Å². The molecule has 27 heavy (non-hydrogen) atoms. The van der Waals surface area contributed by atoms with Crippen LogP contribution in [0.5, 0.6) is 0 Å². The zero-order chi connectivity index (χ0) is 19.8. The highest BCUT2D eigenvalue weighted by Crippen LogP contribution is 2.20. The molecule has 2 aromatic rings. The summed E-state index contributed by atoms with van der Waals surface area (Å²) in [5.74, 6) is 0.329. The molecule has 0 aliphatic rings. The molecule has 5 nitrogen and oxygen atoms in total. The maximum atomic E-state index is 12.3. The van der Waals surface area contributed by atoms with E-state index >= 15 is 0 Å². The number of hydrogen-bond acceptors (Lipinski definition) is 4. The van der Waals surface area contributed by atoms with Crippen LogP contribution in [0.1, 0.15) is 26.0 Å². The Morgan fingerprint density at radius 3 is 2.48 bits per heavy atom. The number of carbonyl (C=O) groups excluding carboxylic acids is 1. The molecule has 0 unspecified atom stereocenters. The van der Waals surface area contributed by atoms with Crippen molar-refractivity contribution in [3.63, 3.8) is 0 Å². The molecular weight excluding hydrogens is 404 g/mol. The third-order valence-electron chi connectivity index (χ3n) is 3.88. The van der Waals surface area contributed by atoms with Crippen LogP contribution in [0.4, 0.5) is 11.5 Å². The number of aryl methyl sites for hydroxylation is 1. The smallest absolute Gasteiger partial charge is 0.229 e. The molecule has 6 heteroatoms. The summed E-state index contributed by atoms with van der Waals surface area (Å²) in [4.78, 5) is 21.2. The predicted octanol–water partition coefficient (Wildman–Crippen LogP) is 5.16. The first-order valence-corrected chi connectivity index (χ1v) is 9.36. The molecule has 140 valence electrons. The summed E-state index contributed by atoms with van der Waals surface area (Å²) in [6, 6.07) is 7.43. The SMILES string of the molecule is C\C=C(/C=C\C(Br)=C/C)CC(=O)Nc1ncc(-c2ccc(N)cc2)nc1C. The lowest BCUT2D eigenvalue weighted by molar-refractivity contribution is -0.115. The number of aromatic nitrogens is 2. The third kappa shape index (κ3) is 6.18. The van der Waals surface area contributed by atoms with Gasteiger partial charge in [0.15, 0.2) is 5.82 Å². The third-order valence-corrected chi connectivity index (χ3v) is 4.60. The van der Waals surface area contributed by atoms with Gasteiger partial charge in [0.2, 0.25) is 5.91 Å². The summed E-state index contributed by atoms with van der Waals surface area (Å²) in [6.07, 6.45) is 9.58. The zero-order valence-corrected chi connectivity index (χ0v) is 17.2. The van der Waals surface area contributed by atoms with Gasteiger partial charge in [0, 0.05) is 15.7 Å². The average Bonchev–Trinajstić information content (AvgIpc) is 2.67. The van der Waals surface area contributed by atoms with Crippen LogP contribution >= 0.6 is 15.9 Å². The molecule has 1 amide bonds. The van der Waals surface area contributed by atoms with Gasteiger partial charge in [-0.3, -0.25) is 4.79 Å². The van der Waals surface area contributed by atoms with Crippen LogP contribution in [0, 0.1) is 6.92 Å². The van der Waals surface area contributed by atoms with E-state index in [9.17, 15) is 4.79 Å². The molecule has 1 heterocycles. The lowest BCUT2D eigenvalue weighted by Crippen LogP contribution is -2.14. The number of nitrogens with zero attached hydrogens (tertiary/aromatic N) is 2. The van der Waals surface area contributed by atoms with Gasteiger partial charge in [-0.2, -0.15) is 0 Å². The molecule has 0 aliphatic heterocycles. The van der Waals surface area contributed by atoms with Crippen molar-refractivity contribution < 1.29 is 4.79 Å². The molecular formula is C21H23BrN4O. The number of nitrogens with two attached hydrogens (primary N) is 1. The van der Waals surface area contributed by atoms with E-state index in [1.807, 2.05) is 69.3 Å². The van der Waals surface area contributed by atoms with Gasteiger partial charge in [0.1, 0.15) is 0 Å². The molecule has 0 saturated heterocycles. The fourth-order valence-electron chi connectivity index (χ4n) is 2.30. The maximum absolute atomic E-state index is 12.3. The van der Waals surface area contributed by atoms with Crippen molar-refractivity contribution in [2.24, 2.45) is 0 Å². The molecule has 2 rings (SSSR count). The number of hydrogen-bond donors (Lipinski definition) is 2. The van der Waals surface area contributed by atoms with E-state index in [0.29, 0.717) is 17.2 Å². The van der Waals surface area contributed by atoms with E-state index in [1.165, 1.54) is 0 Å². The second-order valence-electron chi connectivity index (χ2n) is 5.91. The van der Waals surface area contributed by atoms with Crippen molar-refractivity contribution in [2.45, 2.75) is 27.2 Å². The van der Waals surface area contributed by atoms with E-state index < -0.39 is 0 Å². The van der Waals surface area contributed by atoms with Gasteiger partial charge in [0.05, 0.1) is 24.0 Å². The van der Waals surface area contributed by atoms with Crippen molar-refractivity contribution in [2.75, 3.05) is 11.1 Å². The fraction of sp³-hybridized carbons (Fsp3) is 0.190. The standard InChI is InChI=1S/C21H23BrN4O/c1-4-15(6-9-17(22)5-2)12-20(27)26-21-14(3)25-19(13-24-21)16-7-10-18(23)11-8-16/h4-11,13H,12,23H2,1-3H3,(H,24,26,27)/b9-6-,15-4+,17-5+. The maximum Gasteiger partial charge on any atom is 0.229 e. The molecule has 0 fully saturated rings. The predicted molar refractivity (Wildman–Crippen MR) is 115 cm³/mol. The summed E-state index contributed by atoms with van der Waals surface area (Å²) in [6.45, 7) is 5.66. The topological polar surface area (TPSA) is 80.9 Å². The minimum Gasteiger partial charge on any atom is -0.399 e. The molecule has 1 aromatic heterocycles. The highest BCUT2D eigenvalue weighted by atomic mass is 79.9. The molecule has 0 saturated carbocycles. The zero-order valence-electron chi connectivity index (χ0n) is 15.7. The number of benzene rings is 1. The fourth-order valence-corrected chi connectivity index (χ4v) is 2.43. The Morgan fingerprint density at radius 1 is 1.19 bits per heavy atom. The number of nitrogen functional groups attached to an aromatic ring is 1.